The van der Waals surface area contributed by atoms with Gasteiger partial charge in [-0.05, 0) is 89.8 Å². The lowest BCUT2D eigenvalue weighted by molar-refractivity contribution is 0.209. The average molecular weight is 464 g/mol. The summed E-state index contributed by atoms with van der Waals surface area (Å²) in [4.78, 5) is 6.64. The fourth-order valence-electron chi connectivity index (χ4n) is 4.36. The third-order valence-corrected chi connectivity index (χ3v) is 6.36. The van der Waals surface area contributed by atoms with Crippen molar-refractivity contribution in [2.45, 2.75) is 65.6 Å². The lowest BCUT2D eigenvalue weighted by atomic mass is 10.00. The molecule has 0 saturated carbocycles. The monoisotopic (exact) mass is 463 g/mol. The average Bonchev–Trinajstić information content (AvgIpc) is 2.80. The maximum absolute atomic E-state index is 14.4. The predicted octanol–water partition coefficient (Wildman–Crippen LogP) is 6.38. The first-order valence-electron chi connectivity index (χ1n) is 12.0. The Kier molecular flexibility index (Phi) is 8.13. The van der Waals surface area contributed by atoms with E-state index in [4.69, 9.17) is 0 Å². The highest BCUT2D eigenvalue weighted by molar-refractivity contribution is 6.10. The van der Waals surface area contributed by atoms with E-state index in [0.29, 0.717) is 17.4 Å². The number of benzene rings is 1. The lowest BCUT2D eigenvalue weighted by Gasteiger charge is -2.36. The molecule has 1 aliphatic heterocycles. The second kappa shape index (κ2) is 10.9. The van der Waals surface area contributed by atoms with Crippen LogP contribution in [0.4, 0.5) is 10.1 Å². The van der Waals surface area contributed by atoms with Gasteiger partial charge < -0.3 is 15.6 Å². The summed E-state index contributed by atoms with van der Waals surface area (Å²) < 4.78 is 14.4. The molecule has 1 unspecified atom stereocenters. The maximum atomic E-state index is 14.4. The van der Waals surface area contributed by atoms with Crippen molar-refractivity contribution in [3.63, 3.8) is 0 Å². The molecular weight excluding hydrogens is 425 g/mol. The summed E-state index contributed by atoms with van der Waals surface area (Å²) in [6.45, 7) is 14.8. The number of nitrogens with zero attached hydrogens (tertiary/aromatic N) is 3. The molecule has 0 aliphatic carbocycles. The Balaban J connectivity index is 1.87. The Labute approximate surface area is 203 Å². The zero-order valence-electron chi connectivity index (χ0n) is 21.4. The SMILES string of the molecule is C=C(Nc1ccc(C)c(C(/C=C(\C)N2CCCCC2C)=N/NC)c1)c1ccnc(C(C)(C)F)c1. The molecule has 1 saturated heterocycles. The van der Waals surface area contributed by atoms with Crippen LogP contribution in [0.5, 0.6) is 0 Å². The summed E-state index contributed by atoms with van der Waals surface area (Å²) in [6, 6.07) is 10.3. The van der Waals surface area contributed by atoms with Crippen LogP contribution in [0.1, 0.15) is 69.3 Å². The summed E-state index contributed by atoms with van der Waals surface area (Å²) in [5.41, 5.74) is 8.49. The normalized spacial score (nSPS) is 17.5. The highest BCUT2D eigenvalue weighted by atomic mass is 19.1. The molecule has 5 nitrogen and oxygen atoms in total. The molecular formula is C28H38FN5. The fraction of sp³-hybridized carbons (Fsp3) is 0.429. The van der Waals surface area contributed by atoms with Gasteiger partial charge in [0, 0.05) is 54.0 Å². The molecule has 0 radical (unpaired) electrons. The van der Waals surface area contributed by atoms with Crippen LogP contribution >= 0.6 is 0 Å². The van der Waals surface area contributed by atoms with Gasteiger partial charge in [0.15, 0.2) is 0 Å². The fourth-order valence-corrected chi connectivity index (χ4v) is 4.36. The van der Waals surface area contributed by atoms with E-state index in [1.165, 1.54) is 38.8 Å². The predicted molar refractivity (Wildman–Crippen MR) is 142 cm³/mol. The summed E-state index contributed by atoms with van der Waals surface area (Å²) in [7, 11) is 1.82. The first-order valence-corrected chi connectivity index (χ1v) is 12.0. The molecule has 34 heavy (non-hydrogen) atoms. The molecule has 3 rings (SSSR count). The number of rotatable bonds is 8. The molecule has 2 N–H and O–H groups in total. The molecule has 2 aromatic rings. The number of likely N-dealkylation sites (tertiary alicyclic amines) is 1. The van der Waals surface area contributed by atoms with E-state index in [9.17, 15) is 4.39 Å². The molecule has 1 aliphatic rings. The Morgan fingerprint density at radius 1 is 1.26 bits per heavy atom. The first-order chi connectivity index (χ1) is 16.1. The van der Waals surface area contributed by atoms with E-state index in [-0.39, 0.29) is 0 Å². The van der Waals surface area contributed by atoms with Crippen molar-refractivity contribution >= 4 is 17.1 Å². The van der Waals surface area contributed by atoms with Gasteiger partial charge in [-0.15, -0.1) is 0 Å². The number of allylic oxidation sites excluding steroid dienone is 2. The van der Waals surface area contributed by atoms with Crippen molar-refractivity contribution in [2.75, 3.05) is 18.9 Å². The lowest BCUT2D eigenvalue weighted by Crippen LogP contribution is -2.36. The number of anilines is 1. The smallest absolute Gasteiger partial charge is 0.147 e. The minimum absolute atomic E-state index is 0.383. The molecule has 0 spiro atoms. The third kappa shape index (κ3) is 6.25. The van der Waals surface area contributed by atoms with Crippen molar-refractivity contribution in [3.8, 4) is 0 Å². The summed E-state index contributed by atoms with van der Waals surface area (Å²) in [6.07, 6.45) is 7.52. The molecule has 1 aromatic carbocycles. The van der Waals surface area contributed by atoms with Crippen LogP contribution in [0, 0.1) is 6.92 Å². The van der Waals surface area contributed by atoms with Gasteiger partial charge in [0.1, 0.15) is 5.67 Å². The topological polar surface area (TPSA) is 52.5 Å². The number of hydrogen-bond donors (Lipinski definition) is 2. The Morgan fingerprint density at radius 3 is 2.71 bits per heavy atom. The second-order valence-electron chi connectivity index (χ2n) is 9.58. The second-order valence-corrected chi connectivity index (χ2v) is 9.58. The maximum Gasteiger partial charge on any atom is 0.147 e. The van der Waals surface area contributed by atoms with Crippen LogP contribution in [0.2, 0.25) is 0 Å². The van der Waals surface area contributed by atoms with E-state index in [0.717, 1.165) is 34.6 Å². The molecule has 0 bridgehead atoms. The highest BCUT2D eigenvalue weighted by Crippen LogP contribution is 2.27. The standard InChI is InChI=1S/C28H38FN5/c1-19-11-12-24(32-22(4)23-13-14-31-27(17-23)28(5,6)29)18-25(19)26(33-30-7)16-21(3)34-15-9-8-10-20(34)2/h11-14,16-18,20,30,32H,4,8-10,15H2,1-3,5-7H3/b21-16+,33-26+. The Morgan fingerprint density at radius 2 is 2.03 bits per heavy atom. The molecule has 6 heteroatoms. The number of hydrazone groups is 1. The Bertz CT molecular complexity index is 1080. The van der Waals surface area contributed by atoms with Crippen LogP contribution < -0.4 is 10.7 Å². The minimum atomic E-state index is -1.51. The van der Waals surface area contributed by atoms with Crippen LogP contribution in [-0.2, 0) is 5.67 Å². The van der Waals surface area contributed by atoms with Gasteiger partial charge in [-0.3, -0.25) is 4.98 Å². The number of piperidine rings is 1. The first kappa shape index (κ1) is 25.5. The van der Waals surface area contributed by atoms with Crippen LogP contribution in [0.3, 0.4) is 0 Å². The number of alkyl halides is 1. The molecule has 0 amide bonds. The number of halogens is 1. The molecule has 1 atom stereocenters. The van der Waals surface area contributed by atoms with Gasteiger partial charge in [0.2, 0.25) is 0 Å². The number of aromatic nitrogens is 1. The summed E-state index contributed by atoms with van der Waals surface area (Å²) in [5, 5.41) is 7.97. The van der Waals surface area contributed by atoms with Gasteiger partial charge in [-0.25, -0.2) is 4.39 Å². The van der Waals surface area contributed by atoms with E-state index in [2.05, 4.69) is 71.3 Å². The summed E-state index contributed by atoms with van der Waals surface area (Å²) in [5.74, 6) is 0. The molecule has 1 fully saturated rings. The van der Waals surface area contributed by atoms with Gasteiger partial charge in [0.25, 0.3) is 0 Å². The minimum Gasteiger partial charge on any atom is -0.372 e. The quantitative estimate of drug-likeness (QED) is 0.352. The van der Waals surface area contributed by atoms with Crippen molar-refractivity contribution in [1.29, 1.82) is 0 Å². The van der Waals surface area contributed by atoms with Crippen molar-refractivity contribution in [1.82, 2.24) is 15.3 Å². The van der Waals surface area contributed by atoms with Crippen molar-refractivity contribution < 1.29 is 4.39 Å². The Hall–Kier alpha value is -3.15. The van der Waals surface area contributed by atoms with Gasteiger partial charge in [-0.2, -0.15) is 5.10 Å². The van der Waals surface area contributed by atoms with Gasteiger partial charge >= 0.3 is 0 Å². The summed E-state index contributed by atoms with van der Waals surface area (Å²) >= 11 is 0. The zero-order valence-corrected chi connectivity index (χ0v) is 21.4. The van der Waals surface area contributed by atoms with Gasteiger partial charge in [-0.1, -0.05) is 12.6 Å². The number of pyridine rings is 1. The molecule has 1 aromatic heterocycles. The number of aryl methyl sites for hydroxylation is 1. The molecule has 182 valence electrons. The highest BCUT2D eigenvalue weighted by Gasteiger charge is 2.21. The van der Waals surface area contributed by atoms with Gasteiger partial charge in [0.05, 0.1) is 11.4 Å². The number of hydrogen-bond acceptors (Lipinski definition) is 5. The van der Waals surface area contributed by atoms with E-state index in [1.54, 1.807) is 12.3 Å². The van der Waals surface area contributed by atoms with Crippen LogP contribution in [0.15, 0.2) is 60.0 Å². The zero-order chi connectivity index (χ0) is 24.9. The third-order valence-electron chi connectivity index (χ3n) is 6.36. The largest absolute Gasteiger partial charge is 0.372 e. The van der Waals surface area contributed by atoms with Crippen LogP contribution in [0.25, 0.3) is 5.70 Å². The molecule has 2 heterocycles. The van der Waals surface area contributed by atoms with E-state index >= 15 is 0 Å². The number of nitrogens with one attached hydrogen (secondary N) is 2. The van der Waals surface area contributed by atoms with Crippen LogP contribution in [-0.4, -0.2) is 35.2 Å². The van der Waals surface area contributed by atoms with E-state index in [1.807, 2.05) is 19.2 Å². The van der Waals surface area contributed by atoms with E-state index < -0.39 is 5.67 Å². The van der Waals surface area contributed by atoms with Crippen molar-refractivity contribution in [3.05, 3.63) is 77.3 Å². The van der Waals surface area contributed by atoms with Crippen molar-refractivity contribution in [2.24, 2.45) is 5.10 Å².